The van der Waals surface area contributed by atoms with Gasteiger partial charge < -0.3 is 9.73 Å². The highest BCUT2D eigenvalue weighted by molar-refractivity contribution is 7.13. The molecule has 0 saturated carbocycles. The van der Waals surface area contributed by atoms with Gasteiger partial charge in [-0.3, -0.25) is 4.90 Å². The van der Waals surface area contributed by atoms with E-state index in [-0.39, 0.29) is 0 Å². The number of piperidine rings is 1. The number of hydrogen-bond donors (Lipinski definition) is 1. The Balaban J connectivity index is 1.42. The predicted molar refractivity (Wildman–Crippen MR) is 79.6 cm³/mol. The molecule has 20 heavy (non-hydrogen) atoms. The van der Waals surface area contributed by atoms with Crippen molar-refractivity contribution in [2.24, 2.45) is 5.92 Å². The number of thiophene rings is 1. The molecule has 2 saturated heterocycles. The van der Waals surface area contributed by atoms with E-state index in [1.165, 1.54) is 25.9 Å². The number of aromatic nitrogens is 1. The molecule has 0 spiro atoms. The Morgan fingerprint density at radius 2 is 2.45 bits per heavy atom. The first-order valence-corrected chi connectivity index (χ1v) is 8.20. The second-order valence-electron chi connectivity index (χ2n) is 5.78. The smallest absolute Gasteiger partial charge is 0.236 e. The molecule has 0 unspecified atom stereocenters. The standard InChI is InChI=1S/C15H19N3OS/c1-3-11-7-18(9-13(11)16-5-1)8-12-10-19-15(17-12)14-4-2-6-20-14/h2,4,6,10-11,13,16H,1,3,5,7-9H2/t11-,13+/m0/s1. The Labute approximate surface area is 122 Å². The van der Waals surface area contributed by atoms with Gasteiger partial charge in [0.1, 0.15) is 6.26 Å². The molecule has 2 aromatic rings. The molecule has 2 atom stereocenters. The van der Waals surface area contributed by atoms with Crippen LogP contribution in [0.15, 0.2) is 28.2 Å². The van der Waals surface area contributed by atoms with Crippen molar-refractivity contribution in [1.82, 2.24) is 15.2 Å². The first-order valence-electron chi connectivity index (χ1n) is 7.32. The Kier molecular flexibility index (Phi) is 3.34. The Morgan fingerprint density at radius 1 is 1.45 bits per heavy atom. The molecule has 4 nitrogen and oxygen atoms in total. The van der Waals surface area contributed by atoms with E-state index in [4.69, 9.17) is 4.42 Å². The van der Waals surface area contributed by atoms with E-state index in [0.717, 1.165) is 35.5 Å². The third kappa shape index (κ3) is 2.41. The summed E-state index contributed by atoms with van der Waals surface area (Å²) in [5.74, 6) is 1.58. The fourth-order valence-electron chi connectivity index (χ4n) is 3.39. The third-order valence-corrected chi connectivity index (χ3v) is 5.20. The molecule has 106 valence electrons. The molecule has 2 aliphatic rings. The summed E-state index contributed by atoms with van der Waals surface area (Å²) in [7, 11) is 0. The van der Waals surface area contributed by atoms with Crippen LogP contribution in [0.2, 0.25) is 0 Å². The number of rotatable bonds is 3. The lowest BCUT2D eigenvalue weighted by Crippen LogP contribution is -2.40. The van der Waals surface area contributed by atoms with E-state index >= 15 is 0 Å². The minimum atomic E-state index is 0.687. The molecule has 0 bridgehead atoms. The van der Waals surface area contributed by atoms with Crippen molar-refractivity contribution in [3.8, 4) is 10.8 Å². The van der Waals surface area contributed by atoms with Crippen LogP contribution in [0.25, 0.3) is 10.8 Å². The highest BCUT2D eigenvalue weighted by Crippen LogP contribution is 2.27. The van der Waals surface area contributed by atoms with Gasteiger partial charge in [-0.15, -0.1) is 11.3 Å². The molecule has 0 aromatic carbocycles. The molecule has 0 amide bonds. The van der Waals surface area contributed by atoms with Crippen LogP contribution in [0.5, 0.6) is 0 Å². The zero-order valence-corrected chi connectivity index (χ0v) is 12.2. The molecule has 1 N–H and O–H groups in total. The van der Waals surface area contributed by atoms with Gasteiger partial charge in [0.2, 0.25) is 5.89 Å². The van der Waals surface area contributed by atoms with Gasteiger partial charge in [-0.2, -0.15) is 0 Å². The van der Waals surface area contributed by atoms with Crippen LogP contribution in [0.3, 0.4) is 0 Å². The number of likely N-dealkylation sites (tertiary alicyclic amines) is 1. The topological polar surface area (TPSA) is 41.3 Å². The number of nitrogens with zero attached hydrogens (tertiary/aromatic N) is 2. The first-order chi connectivity index (χ1) is 9.88. The monoisotopic (exact) mass is 289 g/mol. The van der Waals surface area contributed by atoms with Crippen LogP contribution in [0.4, 0.5) is 0 Å². The van der Waals surface area contributed by atoms with Crippen molar-refractivity contribution in [3.05, 3.63) is 29.5 Å². The first kappa shape index (κ1) is 12.6. The van der Waals surface area contributed by atoms with Crippen molar-refractivity contribution < 1.29 is 4.42 Å². The van der Waals surface area contributed by atoms with Gasteiger partial charge in [-0.05, 0) is 36.8 Å². The van der Waals surface area contributed by atoms with Crippen LogP contribution >= 0.6 is 11.3 Å². The van der Waals surface area contributed by atoms with Crippen molar-refractivity contribution in [2.45, 2.75) is 25.4 Å². The maximum absolute atomic E-state index is 5.60. The lowest BCUT2D eigenvalue weighted by atomic mass is 9.94. The second-order valence-corrected chi connectivity index (χ2v) is 6.73. The van der Waals surface area contributed by atoms with Crippen LogP contribution in [-0.2, 0) is 6.54 Å². The fourth-order valence-corrected chi connectivity index (χ4v) is 4.04. The van der Waals surface area contributed by atoms with Gasteiger partial charge in [0.15, 0.2) is 0 Å². The molecule has 0 radical (unpaired) electrons. The van der Waals surface area contributed by atoms with E-state index in [1.807, 2.05) is 12.3 Å². The van der Waals surface area contributed by atoms with Crippen LogP contribution in [0, 0.1) is 5.92 Å². The average molecular weight is 289 g/mol. The van der Waals surface area contributed by atoms with Crippen LogP contribution in [-0.4, -0.2) is 35.6 Å². The highest BCUT2D eigenvalue weighted by atomic mass is 32.1. The molecular formula is C15H19N3OS. The van der Waals surface area contributed by atoms with Crippen molar-refractivity contribution >= 4 is 11.3 Å². The van der Waals surface area contributed by atoms with Crippen LogP contribution in [0.1, 0.15) is 18.5 Å². The van der Waals surface area contributed by atoms with E-state index < -0.39 is 0 Å². The minimum absolute atomic E-state index is 0.687. The summed E-state index contributed by atoms with van der Waals surface area (Å²) >= 11 is 1.67. The Hall–Kier alpha value is -1.17. The summed E-state index contributed by atoms with van der Waals surface area (Å²) in [6, 6.07) is 4.77. The summed E-state index contributed by atoms with van der Waals surface area (Å²) in [5.41, 5.74) is 1.05. The SMILES string of the molecule is c1csc(-c2nc(CN3C[C@@H]4CCCN[C@@H]4C3)co2)c1. The molecule has 2 fully saturated rings. The quantitative estimate of drug-likeness (QED) is 0.943. The van der Waals surface area contributed by atoms with E-state index in [9.17, 15) is 0 Å². The summed E-state index contributed by atoms with van der Waals surface area (Å²) in [5, 5.41) is 5.69. The highest BCUT2D eigenvalue weighted by Gasteiger charge is 2.34. The molecule has 4 rings (SSSR count). The van der Waals surface area contributed by atoms with E-state index in [2.05, 4.69) is 26.6 Å². The van der Waals surface area contributed by atoms with Gasteiger partial charge in [-0.1, -0.05) is 6.07 Å². The summed E-state index contributed by atoms with van der Waals surface area (Å²) in [6.07, 6.45) is 4.50. The van der Waals surface area contributed by atoms with E-state index in [1.54, 1.807) is 11.3 Å². The van der Waals surface area contributed by atoms with Crippen molar-refractivity contribution in [2.75, 3.05) is 19.6 Å². The molecular weight excluding hydrogens is 270 g/mol. The van der Waals surface area contributed by atoms with Gasteiger partial charge >= 0.3 is 0 Å². The average Bonchev–Trinajstić information content (AvgIpc) is 3.18. The number of hydrogen-bond acceptors (Lipinski definition) is 5. The maximum Gasteiger partial charge on any atom is 0.236 e. The molecule has 2 aliphatic heterocycles. The number of fused-ring (bicyclic) bond motifs is 1. The molecule has 2 aromatic heterocycles. The Bertz CT molecular complexity index is 551. The van der Waals surface area contributed by atoms with Crippen molar-refractivity contribution in [3.63, 3.8) is 0 Å². The molecule has 5 heteroatoms. The number of nitrogens with one attached hydrogen (secondary N) is 1. The van der Waals surface area contributed by atoms with Gasteiger partial charge in [0.05, 0.1) is 10.6 Å². The zero-order chi connectivity index (χ0) is 13.4. The lowest BCUT2D eigenvalue weighted by Gasteiger charge is -2.24. The van der Waals surface area contributed by atoms with E-state index in [0.29, 0.717) is 6.04 Å². The van der Waals surface area contributed by atoms with Crippen LogP contribution < -0.4 is 5.32 Å². The third-order valence-electron chi connectivity index (χ3n) is 4.34. The Morgan fingerprint density at radius 3 is 3.30 bits per heavy atom. The summed E-state index contributed by atoms with van der Waals surface area (Å²) in [6.45, 7) is 4.43. The van der Waals surface area contributed by atoms with Gasteiger partial charge in [-0.25, -0.2) is 4.98 Å². The maximum atomic E-state index is 5.60. The summed E-state index contributed by atoms with van der Waals surface area (Å²) in [4.78, 5) is 8.22. The number of oxazole rings is 1. The van der Waals surface area contributed by atoms with Crippen molar-refractivity contribution in [1.29, 1.82) is 0 Å². The minimum Gasteiger partial charge on any atom is -0.444 e. The lowest BCUT2D eigenvalue weighted by molar-refractivity contribution is 0.309. The predicted octanol–water partition coefficient (Wildman–Crippen LogP) is 2.59. The fraction of sp³-hybridized carbons (Fsp3) is 0.533. The summed E-state index contributed by atoms with van der Waals surface area (Å²) < 4.78 is 5.60. The molecule has 4 heterocycles. The van der Waals surface area contributed by atoms with Gasteiger partial charge in [0, 0.05) is 25.7 Å². The zero-order valence-electron chi connectivity index (χ0n) is 11.4. The molecule has 0 aliphatic carbocycles. The largest absolute Gasteiger partial charge is 0.444 e. The normalized spacial score (nSPS) is 26.8. The second kappa shape index (κ2) is 5.31. The van der Waals surface area contributed by atoms with Gasteiger partial charge in [0.25, 0.3) is 0 Å².